The fraction of sp³-hybridized carbons (Fsp3) is 0.545. The quantitative estimate of drug-likeness (QED) is 0.598. The summed E-state index contributed by atoms with van der Waals surface area (Å²) < 4.78 is 21.5. The van der Waals surface area contributed by atoms with Crippen LogP contribution >= 0.6 is 0 Å². The number of morpholine rings is 1. The van der Waals surface area contributed by atoms with Gasteiger partial charge in [-0.25, -0.2) is 14.4 Å². The number of aliphatic hydroxyl groups excluding tert-OH is 1. The van der Waals surface area contributed by atoms with E-state index in [9.17, 15) is 9.50 Å². The zero-order chi connectivity index (χ0) is 22.9. The van der Waals surface area contributed by atoms with Crippen LogP contribution in [0.2, 0.25) is 0 Å². The molecule has 5 heterocycles. The van der Waals surface area contributed by atoms with E-state index in [1.165, 1.54) is 0 Å². The van der Waals surface area contributed by atoms with Crippen LogP contribution in [0.5, 0.6) is 0 Å². The highest BCUT2D eigenvalue weighted by molar-refractivity contribution is 5.92. The number of pyridine rings is 1. The second-order valence-electron chi connectivity index (χ2n) is 8.73. The molecule has 0 radical (unpaired) electrons. The molecule has 0 bridgehead atoms. The Labute approximate surface area is 191 Å². The highest BCUT2D eigenvalue weighted by Crippen LogP contribution is 2.30. The van der Waals surface area contributed by atoms with E-state index < -0.39 is 12.3 Å². The van der Waals surface area contributed by atoms with Crippen LogP contribution in [0.3, 0.4) is 0 Å². The minimum absolute atomic E-state index is 0.0761. The number of aliphatic hydroxyl groups is 1. The van der Waals surface area contributed by atoms with Crippen molar-refractivity contribution in [3.05, 3.63) is 24.5 Å². The largest absolute Gasteiger partial charge is 0.390 e. The predicted octanol–water partition coefficient (Wildman–Crippen LogP) is 2.29. The van der Waals surface area contributed by atoms with Gasteiger partial charge in [-0.1, -0.05) is 0 Å². The fourth-order valence-electron chi connectivity index (χ4n) is 4.26. The van der Waals surface area contributed by atoms with E-state index in [-0.39, 0.29) is 12.6 Å². The summed E-state index contributed by atoms with van der Waals surface area (Å²) >= 11 is 0. The lowest BCUT2D eigenvalue weighted by Gasteiger charge is -2.32. The smallest absolute Gasteiger partial charge is 0.227 e. The van der Waals surface area contributed by atoms with E-state index in [2.05, 4.69) is 39.0 Å². The Balaban J connectivity index is 1.41. The number of halogens is 1. The molecule has 3 aromatic heterocycles. The van der Waals surface area contributed by atoms with Crippen LogP contribution in [-0.2, 0) is 4.74 Å². The molecular formula is C22H29FN8O2. The fourth-order valence-corrected chi connectivity index (χ4v) is 4.26. The van der Waals surface area contributed by atoms with Crippen LogP contribution in [0.1, 0.15) is 26.3 Å². The molecule has 0 aromatic carbocycles. The summed E-state index contributed by atoms with van der Waals surface area (Å²) in [4.78, 5) is 17.4. The monoisotopic (exact) mass is 456 g/mol. The van der Waals surface area contributed by atoms with Crippen LogP contribution in [0.15, 0.2) is 24.5 Å². The molecule has 2 saturated heterocycles. The molecule has 3 aromatic rings. The first kappa shape index (κ1) is 21.8. The Morgan fingerprint density at radius 2 is 1.97 bits per heavy atom. The third kappa shape index (κ3) is 4.42. The van der Waals surface area contributed by atoms with Crippen molar-refractivity contribution in [3.63, 3.8) is 0 Å². The van der Waals surface area contributed by atoms with Crippen molar-refractivity contribution < 1.29 is 14.2 Å². The van der Waals surface area contributed by atoms with Crippen LogP contribution in [0, 0.1) is 0 Å². The molecule has 11 heteroatoms. The van der Waals surface area contributed by atoms with Crippen molar-refractivity contribution in [2.75, 3.05) is 54.5 Å². The molecule has 0 saturated carbocycles. The van der Waals surface area contributed by atoms with Gasteiger partial charge in [-0.15, -0.1) is 0 Å². The van der Waals surface area contributed by atoms with Crippen molar-refractivity contribution in [1.82, 2.24) is 24.7 Å². The molecule has 5 rings (SSSR count). The molecule has 176 valence electrons. The van der Waals surface area contributed by atoms with Crippen molar-refractivity contribution in [3.8, 4) is 0 Å². The van der Waals surface area contributed by atoms with Gasteiger partial charge in [0.25, 0.3) is 0 Å². The van der Waals surface area contributed by atoms with E-state index in [1.807, 2.05) is 16.9 Å². The number of alkyl halides is 1. The van der Waals surface area contributed by atoms with Crippen LogP contribution in [-0.4, -0.2) is 81.5 Å². The Morgan fingerprint density at radius 1 is 1.15 bits per heavy atom. The molecule has 2 N–H and O–H groups in total. The minimum atomic E-state index is -1.31. The number of rotatable bonds is 5. The number of nitrogens with one attached hydrogen (secondary N) is 1. The second-order valence-corrected chi connectivity index (χ2v) is 8.73. The van der Waals surface area contributed by atoms with E-state index in [4.69, 9.17) is 9.84 Å². The molecule has 0 unspecified atom stereocenters. The Bertz CT molecular complexity index is 1120. The van der Waals surface area contributed by atoms with E-state index in [0.29, 0.717) is 43.8 Å². The minimum Gasteiger partial charge on any atom is -0.390 e. The summed E-state index contributed by atoms with van der Waals surface area (Å²) in [5.74, 6) is 2.56. The van der Waals surface area contributed by atoms with Gasteiger partial charge in [-0.3, -0.25) is 4.68 Å². The zero-order valence-corrected chi connectivity index (χ0v) is 18.9. The van der Waals surface area contributed by atoms with Gasteiger partial charge in [0.1, 0.15) is 17.8 Å². The Kier molecular flexibility index (Phi) is 5.98. The molecule has 10 nitrogen and oxygen atoms in total. The van der Waals surface area contributed by atoms with Crippen molar-refractivity contribution in [2.45, 2.75) is 38.6 Å². The van der Waals surface area contributed by atoms with Crippen molar-refractivity contribution in [2.24, 2.45) is 0 Å². The lowest BCUT2D eigenvalue weighted by molar-refractivity contribution is 0.0612. The highest BCUT2D eigenvalue weighted by Gasteiger charge is 2.29. The maximum Gasteiger partial charge on any atom is 0.227 e. The lowest BCUT2D eigenvalue weighted by Crippen LogP contribution is -2.45. The topological polar surface area (TPSA) is 104 Å². The summed E-state index contributed by atoms with van der Waals surface area (Å²) in [6.07, 6.45) is 1.60. The SMILES string of the molecule is CC(C)n1nc(N2CCOCC2)c2cnc(Nc3ccnc(N4CC[C@@H](O)[C@@H](F)C4)n3)cc21. The molecule has 2 atom stereocenters. The number of hydrogen-bond donors (Lipinski definition) is 2. The molecule has 0 spiro atoms. The normalized spacial score (nSPS) is 21.7. The van der Waals surface area contributed by atoms with Gasteiger partial charge in [0.05, 0.1) is 36.8 Å². The number of piperidine rings is 1. The molecule has 2 aliphatic heterocycles. The average Bonchev–Trinajstić information content (AvgIpc) is 3.21. The molecule has 0 aliphatic carbocycles. The maximum atomic E-state index is 14.0. The number of hydrogen-bond acceptors (Lipinski definition) is 9. The van der Waals surface area contributed by atoms with Crippen LogP contribution < -0.4 is 15.1 Å². The third-order valence-corrected chi connectivity index (χ3v) is 6.06. The van der Waals surface area contributed by atoms with Crippen molar-refractivity contribution >= 4 is 34.3 Å². The first-order valence-electron chi connectivity index (χ1n) is 11.4. The van der Waals surface area contributed by atoms with Gasteiger partial charge in [-0.05, 0) is 26.3 Å². The van der Waals surface area contributed by atoms with Gasteiger partial charge >= 0.3 is 0 Å². The average molecular weight is 457 g/mol. The first-order chi connectivity index (χ1) is 16.0. The van der Waals surface area contributed by atoms with Crippen molar-refractivity contribution in [1.29, 1.82) is 0 Å². The molecule has 2 aliphatic rings. The summed E-state index contributed by atoms with van der Waals surface area (Å²) in [6, 6.07) is 3.91. The molecule has 33 heavy (non-hydrogen) atoms. The van der Waals surface area contributed by atoms with Crippen LogP contribution in [0.25, 0.3) is 10.9 Å². The number of anilines is 4. The number of ether oxygens (including phenoxy) is 1. The Hall–Kier alpha value is -3.05. The number of fused-ring (bicyclic) bond motifs is 1. The molecule has 0 amide bonds. The van der Waals surface area contributed by atoms with Gasteiger partial charge < -0.3 is 25.0 Å². The first-order valence-corrected chi connectivity index (χ1v) is 11.4. The standard InChI is InChI=1S/C22H29FN8O2/c1-14(2)31-17-11-20(25-12-15(17)21(28-31)29-7-9-33-10-8-29)26-19-3-5-24-22(27-19)30-6-4-18(32)16(23)13-30/h3,5,11-12,14,16,18,32H,4,6-10,13H2,1-2H3,(H,24,25,26,27)/t16-,18+/m0/s1. The third-order valence-electron chi connectivity index (χ3n) is 6.06. The lowest BCUT2D eigenvalue weighted by atomic mass is 10.1. The van der Waals surface area contributed by atoms with Gasteiger partial charge in [-0.2, -0.15) is 10.1 Å². The maximum absolute atomic E-state index is 14.0. The Morgan fingerprint density at radius 3 is 2.73 bits per heavy atom. The summed E-state index contributed by atoms with van der Waals surface area (Å²) in [5.41, 5.74) is 0.989. The molecule has 2 fully saturated rings. The summed E-state index contributed by atoms with van der Waals surface area (Å²) in [5, 5.41) is 18.8. The van der Waals surface area contributed by atoms with E-state index in [1.54, 1.807) is 17.2 Å². The number of nitrogens with zero attached hydrogens (tertiary/aromatic N) is 7. The van der Waals surface area contributed by atoms with Gasteiger partial charge in [0.15, 0.2) is 5.82 Å². The zero-order valence-electron chi connectivity index (χ0n) is 18.9. The van der Waals surface area contributed by atoms with E-state index >= 15 is 0 Å². The van der Waals surface area contributed by atoms with E-state index in [0.717, 1.165) is 29.8 Å². The van der Waals surface area contributed by atoms with Gasteiger partial charge in [0.2, 0.25) is 5.95 Å². The number of aromatic nitrogens is 5. The van der Waals surface area contributed by atoms with Crippen LogP contribution in [0.4, 0.5) is 27.8 Å². The second kappa shape index (κ2) is 9.06. The highest BCUT2D eigenvalue weighted by atomic mass is 19.1. The molecular weight excluding hydrogens is 427 g/mol. The summed E-state index contributed by atoms with van der Waals surface area (Å²) in [6.45, 7) is 7.79. The van der Waals surface area contributed by atoms with Gasteiger partial charge in [0, 0.05) is 44.1 Å². The predicted molar refractivity (Wildman–Crippen MR) is 124 cm³/mol. The summed E-state index contributed by atoms with van der Waals surface area (Å²) in [7, 11) is 0.